The van der Waals surface area contributed by atoms with E-state index in [1.807, 2.05) is 30.3 Å². The lowest BCUT2D eigenvalue weighted by Crippen LogP contribution is -2.57. The maximum atomic E-state index is 12.5. The van der Waals surface area contributed by atoms with Crippen molar-refractivity contribution in [1.82, 2.24) is 0 Å². The average Bonchev–Trinajstić information content (AvgIpc) is 2.65. The summed E-state index contributed by atoms with van der Waals surface area (Å²) in [6, 6.07) is 9.68. The number of aliphatic hydroxyl groups excluding tert-OH is 2. The van der Waals surface area contributed by atoms with Gasteiger partial charge in [0.15, 0.2) is 0 Å². The van der Waals surface area contributed by atoms with Crippen molar-refractivity contribution in [2.45, 2.75) is 49.5 Å². The topological polar surface area (TPSA) is 66.8 Å². The number of benzene rings is 1. The van der Waals surface area contributed by atoms with Crippen LogP contribution in [0.4, 0.5) is 0 Å². The Morgan fingerprint density at radius 1 is 1.26 bits per heavy atom. The predicted molar refractivity (Wildman–Crippen MR) is 85.7 cm³/mol. The number of hydrogen-bond acceptors (Lipinski definition) is 4. The molecule has 2 heterocycles. The highest BCUT2D eigenvalue weighted by molar-refractivity contribution is 5.78. The second-order valence-corrected chi connectivity index (χ2v) is 7.33. The summed E-state index contributed by atoms with van der Waals surface area (Å²) >= 11 is 0. The molecule has 0 saturated carbocycles. The molecule has 0 spiro atoms. The van der Waals surface area contributed by atoms with Crippen LogP contribution in [0, 0.1) is 0 Å². The van der Waals surface area contributed by atoms with E-state index >= 15 is 0 Å². The Kier molecular flexibility index (Phi) is 4.45. The number of esters is 1. The van der Waals surface area contributed by atoms with E-state index in [9.17, 15) is 15.0 Å². The third-order valence-corrected chi connectivity index (χ3v) is 5.74. The van der Waals surface area contributed by atoms with Gasteiger partial charge in [-0.1, -0.05) is 30.3 Å². The Balaban J connectivity index is 1.67. The standard InChI is InChI=1S/C18H26NO4/c1-19(2)13-8-14(10-16(19)17(21)9-13)23-18(22)15(11-20)12-6-4-3-5-7-12/h3-7,13-17,20-21H,8-11H2,1-2H3/q+1/t13-,14-,15+,16-,17+/m0/s1. The van der Waals surface area contributed by atoms with Crippen molar-refractivity contribution in [3.05, 3.63) is 35.9 Å². The molecule has 2 aliphatic heterocycles. The molecule has 2 bridgehead atoms. The van der Waals surface area contributed by atoms with Crippen LogP contribution in [0.5, 0.6) is 0 Å². The van der Waals surface area contributed by atoms with E-state index in [0.717, 1.165) is 22.9 Å². The number of piperidine rings is 1. The van der Waals surface area contributed by atoms with Crippen molar-refractivity contribution in [3.63, 3.8) is 0 Å². The molecule has 0 aliphatic carbocycles. The molecular formula is C18H26NO4+. The van der Waals surface area contributed by atoms with E-state index in [-0.39, 0.29) is 30.8 Å². The maximum Gasteiger partial charge on any atom is 0.316 e. The molecule has 2 aliphatic rings. The van der Waals surface area contributed by atoms with Gasteiger partial charge in [-0.25, -0.2) is 0 Å². The zero-order chi connectivity index (χ0) is 16.6. The minimum atomic E-state index is -0.636. The molecule has 0 aromatic heterocycles. The molecule has 2 N–H and O–H groups in total. The van der Waals surface area contributed by atoms with Crippen molar-refractivity contribution in [2.75, 3.05) is 20.7 Å². The lowest BCUT2D eigenvalue weighted by molar-refractivity contribution is -0.932. The number of aliphatic hydroxyl groups is 2. The summed E-state index contributed by atoms with van der Waals surface area (Å²) in [5.41, 5.74) is 0.773. The van der Waals surface area contributed by atoms with E-state index in [2.05, 4.69) is 14.1 Å². The van der Waals surface area contributed by atoms with Gasteiger partial charge in [0, 0.05) is 19.3 Å². The Labute approximate surface area is 137 Å². The van der Waals surface area contributed by atoms with Crippen LogP contribution in [-0.4, -0.2) is 65.7 Å². The van der Waals surface area contributed by atoms with Crippen molar-refractivity contribution in [1.29, 1.82) is 0 Å². The molecule has 0 amide bonds. The zero-order valence-electron chi connectivity index (χ0n) is 13.8. The normalized spacial score (nSPS) is 33.2. The van der Waals surface area contributed by atoms with E-state index in [4.69, 9.17) is 4.74 Å². The highest BCUT2D eigenvalue weighted by Crippen LogP contribution is 2.41. The monoisotopic (exact) mass is 320 g/mol. The maximum absolute atomic E-state index is 12.5. The highest BCUT2D eigenvalue weighted by Gasteiger charge is 2.55. The smallest absolute Gasteiger partial charge is 0.316 e. The first-order chi connectivity index (χ1) is 10.9. The van der Waals surface area contributed by atoms with Gasteiger partial charge in [0.05, 0.1) is 26.7 Å². The third kappa shape index (κ3) is 3.01. The van der Waals surface area contributed by atoms with Gasteiger partial charge >= 0.3 is 5.97 Å². The van der Waals surface area contributed by atoms with Crippen LogP contribution in [0.1, 0.15) is 30.7 Å². The quantitative estimate of drug-likeness (QED) is 0.643. The lowest BCUT2D eigenvalue weighted by Gasteiger charge is -2.44. The van der Waals surface area contributed by atoms with Crippen molar-refractivity contribution >= 4 is 5.97 Å². The number of ether oxygens (including phenoxy) is 1. The fraction of sp³-hybridized carbons (Fsp3) is 0.611. The van der Waals surface area contributed by atoms with E-state index < -0.39 is 5.92 Å². The first kappa shape index (κ1) is 16.4. The van der Waals surface area contributed by atoms with Crippen LogP contribution in [0.2, 0.25) is 0 Å². The Morgan fingerprint density at radius 2 is 1.96 bits per heavy atom. The molecule has 5 atom stereocenters. The minimum absolute atomic E-state index is 0.121. The van der Waals surface area contributed by atoms with Crippen LogP contribution in [0.15, 0.2) is 30.3 Å². The van der Waals surface area contributed by atoms with Gasteiger partial charge in [-0.3, -0.25) is 4.79 Å². The van der Waals surface area contributed by atoms with Crippen LogP contribution in [-0.2, 0) is 9.53 Å². The van der Waals surface area contributed by atoms with Crippen LogP contribution in [0.3, 0.4) is 0 Å². The molecule has 0 radical (unpaired) electrons. The Bertz CT molecular complexity index is 559. The van der Waals surface area contributed by atoms with Gasteiger partial charge in [0.25, 0.3) is 0 Å². The van der Waals surface area contributed by atoms with E-state index in [0.29, 0.717) is 12.5 Å². The van der Waals surface area contributed by atoms with Gasteiger partial charge in [0.1, 0.15) is 24.2 Å². The first-order valence-corrected chi connectivity index (χ1v) is 8.31. The molecule has 126 valence electrons. The van der Waals surface area contributed by atoms with Crippen molar-refractivity contribution < 1.29 is 24.2 Å². The number of carbonyl (C=O) groups is 1. The Hall–Kier alpha value is -1.43. The van der Waals surface area contributed by atoms with Gasteiger partial charge in [-0.05, 0) is 5.56 Å². The average molecular weight is 320 g/mol. The fourth-order valence-corrected chi connectivity index (χ4v) is 4.23. The number of nitrogens with zero attached hydrogens (tertiary/aromatic N) is 1. The number of quaternary nitrogens is 1. The summed E-state index contributed by atoms with van der Waals surface area (Å²) in [6.45, 7) is -0.257. The predicted octanol–water partition coefficient (Wildman–Crippen LogP) is 1.05. The number of carbonyl (C=O) groups excluding carboxylic acids is 1. The van der Waals surface area contributed by atoms with E-state index in [1.54, 1.807) is 0 Å². The number of fused-ring (bicyclic) bond motifs is 2. The summed E-state index contributed by atoms with van der Waals surface area (Å²) < 4.78 is 6.50. The number of rotatable bonds is 4. The summed E-state index contributed by atoms with van der Waals surface area (Å²) in [5.74, 6) is -1.01. The molecule has 2 saturated heterocycles. The Morgan fingerprint density at radius 3 is 2.57 bits per heavy atom. The number of likely N-dealkylation sites (N-methyl/N-ethyl adjacent to an activating group) is 1. The second-order valence-electron chi connectivity index (χ2n) is 7.33. The van der Waals surface area contributed by atoms with Gasteiger partial charge < -0.3 is 19.4 Å². The molecule has 0 unspecified atom stereocenters. The van der Waals surface area contributed by atoms with Crippen LogP contribution in [0.25, 0.3) is 0 Å². The van der Waals surface area contributed by atoms with E-state index in [1.165, 1.54) is 0 Å². The molecule has 1 aromatic rings. The van der Waals surface area contributed by atoms with Gasteiger partial charge in [-0.15, -0.1) is 0 Å². The molecule has 23 heavy (non-hydrogen) atoms. The number of hydrogen-bond donors (Lipinski definition) is 2. The zero-order valence-corrected chi connectivity index (χ0v) is 13.8. The summed E-state index contributed by atoms with van der Waals surface area (Å²) in [4.78, 5) is 12.5. The largest absolute Gasteiger partial charge is 0.461 e. The van der Waals surface area contributed by atoms with Crippen molar-refractivity contribution in [2.24, 2.45) is 0 Å². The lowest BCUT2D eigenvalue weighted by atomic mass is 9.96. The summed E-state index contributed by atoms with van der Waals surface area (Å²) in [6.07, 6.45) is 1.75. The molecular weight excluding hydrogens is 294 g/mol. The van der Waals surface area contributed by atoms with Crippen LogP contribution < -0.4 is 0 Å². The molecule has 1 aromatic carbocycles. The molecule has 5 heteroatoms. The third-order valence-electron chi connectivity index (χ3n) is 5.74. The molecule has 2 fully saturated rings. The molecule has 5 nitrogen and oxygen atoms in total. The first-order valence-electron chi connectivity index (χ1n) is 8.31. The van der Waals surface area contributed by atoms with Gasteiger partial charge in [-0.2, -0.15) is 0 Å². The second kappa shape index (κ2) is 6.23. The van der Waals surface area contributed by atoms with Crippen LogP contribution >= 0.6 is 0 Å². The summed E-state index contributed by atoms with van der Waals surface area (Å²) in [5, 5.41) is 19.8. The minimum Gasteiger partial charge on any atom is -0.461 e. The molecule has 3 rings (SSSR count). The fourth-order valence-electron chi connectivity index (χ4n) is 4.23. The van der Waals surface area contributed by atoms with Gasteiger partial charge in [0.2, 0.25) is 0 Å². The SMILES string of the molecule is C[N+]1(C)[C@H]2C[C@H](OC(=O)[C@H](CO)c3ccccc3)C[C@H]1[C@H](O)C2. The van der Waals surface area contributed by atoms with Crippen molar-refractivity contribution in [3.8, 4) is 0 Å². The highest BCUT2D eigenvalue weighted by atomic mass is 16.5. The summed E-state index contributed by atoms with van der Waals surface area (Å²) in [7, 11) is 4.29.